The molecule has 0 amide bonds. The summed E-state index contributed by atoms with van der Waals surface area (Å²) in [6.07, 6.45) is 2.89. The van der Waals surface area contributed by atoms with Gasteiger partial charge in [-0.2, -0.15) is 5.10 Å². The minimum atomic E-state index is -0.0385. The molecule has 1 N–H and O–H groups in total. The van der Waals surface area contributed by atoms with Gasteiger partial charge in [0.2, 0.25) is 0 Å². The first-order valence-electron chi connectivity index (χ1n) is 6.81. The first kappa shape index (κ1) is 14.5. The van der Waals surface area contributed by atoms with Crippen LogP contribution in [0.15, 0.2) is 15.5 Å². The maximum absolute atomic E-state index is 12.3. The molecule has 0 bridgehead atoms. The Balaban J connectivity index is 2.27. The van der Waals surface area contributed by atoms with Gasteiger partial charge in [-0.25, -0.2) is 4.68 Å². The van der Waals surface area contributed by atoms with Crippen LogP contribution in [-0.2, 0) is 6.54 Å². The van der Waals surface area contributed by atoms with Gasteiger partial charge in [0.1, 0.15) is 4.47 Å². The molecule has 2 heterocycles. The molecule has 2 rings (SSSR count). The molecule has 1 aliphatic rings. The lowest BCUT2D eigenvalue weighted by molar-refractivity contribution is 0.462. The maximum Gasteiger partial charge on any atom is 0.283 e. The molecule has 1 aliphatic heterocycles. The fourth-order valence-corrected chi connectivity index (χ4v) is 2.80. The van der Waals surface area contributed by atoms with E-state index in [2.05, 4.69) is 45.1 Å². The lowest BCUT2D eigenvalue weighted by atomic mass is 10.2. The average Bonchev–Trinajstić information content (AvgIpc) is 2.63. The van der Waals surface area contributed by atoms with Crippen LogP contribution in [0.25, 0.3) is 0 Å². The van der Waals surface area contributed by atoms with Gasteiger partial charge in [0.15, 0.2) is 0 Å². The van der Waals surface area contributed by atoms with Gasteiger partial charge in [0.25, 0.3) is 5.56 Å². The number of hydrogen-bond acceptors (Lipinski definition) is 4. The van der Waals surface area contributed by atoms with E-state index in [9.17, 15) is 4.79 Å². The Morgan fingerprint density at radius 3 is 2.95 bits per heavy atom. The third-order valence-corrected chi connectivity index (χ3v) is 3.93. The second-order valence-corrected chi connectivity index (χ2v) is 6.11. The number of anilines is 1. The van der Waals surface area contributed by atoms with Crippen molar-refractivity contribution in [1.82, 2.24) is 15.1 Å². The van der Waals surface area contributed by atoms with Crippen molar-refractivity contribution in [1.29, 1.82) is 0 Å². The number of aromatic nitrogens is 2. The van der Waals surface area contributed by atoms with Gasteiger partial charge in [-0.05, 0) is 34.8 Å². The minimum absolute atomic E-state index is 0.0385. The van der Waals surface area contributed by atoms with E-state index in [1.807, 2.05) is 0 Å². The van der Waals surface area contributed by atoms with Crippen molar-refractivity contribution in [2.45, 2.75) is 26.8 Å². The van der Waals surface area contributed by atoms with Gasteiger partial charge in [0.05, 0.1) is 11.9 Å². The first-order valence-corrected chi connectivity index (χ1v) is 7.60. The molecule has 0 spiro atoms. The fraction of sp³-hybridized carbons (Fsp3) is 0.692. The second-order valence-electron chi connectivity index (χ2n) is 5.32. The minimum Gasteiger partial charge on any atom is -0.368 e. The molecule has 1 aromatic heterocycles. The number of nitrogens with zero attached hydrogens (tertiary/aromatic N) is 3. The van der Waals surface area contributed by atoms with Crippen molar-refractivity contribution in [2.75, 3.05) is 31.1 Å². The van der Waals surface area contributed by atoms with E-state index in [0.717, 1.165) is 38.3 Å². The standard InChI is InChI=1S/C13H21BrN4O/c1-10(2)9-18-13(19)12(14)11(8-16-18)17-6-3-4-15-5-7-17/h8,10,15H,3-7,9H2,1-2H3. The molecule has 0 aliphatic carbocycles. The molecular weight excluding hydrogens is 308 g/mol. The molecule has 1 saturated heterocycles. The van der Waals surface area contributed by atoms with Crippen LogP contribution in [0.5, 0.6) is 0 Å². The molecule has 6 heteroatoms. The first-order chi connectivity index (χ1) is 9.09. The Bertz CT molecular complexity index is 478. The van der Waals surface area contributed by atoms with Crippen LogP contribution in [0.1, 0.15) is 20.3 Å². The van der Waals surface area contributed by atoms with Crippen LogP contribution in [0.4, 0.5) is 5.69 Å². The predicted molar refractivity (Wildman–Crippen MR) is 80.7 cm³/mol. The zero-order chi connectivity index (χ0) is 13.8. The van der Waals surface area contributed by atoms with Crippen molar-refractivity contribution in [3.8, 4) is 0 Å². The summed E-state index contributed by atoms with van der Waals surface area (Å²) >= 11 is 3.45. The third-order valence-electron chi connectivity index (χ3n) is 3.19. The molecule has 1 fully saturated rings. The molecule has 0 radical (unpaired) electrons. The molecule has 106 valence electrons. The molecule has 0 aromatic carbocycles. The van der Waals surface area contributed by atoms with E-state index in [1.165, 1.54) is 4.68 Å². The smallest absolute Gasteiger partial charge is 0.283 e. The molecule has 19 heavy (non-hydrogen) atoms. The Morgan fingerprint density at radius 2 is 2.21 bits per heavy atom. The highest BCUT2D eigenvalue weighted by Gasteiger charge is 2.16. The van der Waals surface area contributed by atoms with Crippen molar-refractivity contribution in [3.63, 3.8) is 0 Å². The normalized spacial score (nSPS) is 16.7. The summed E-state index contributed by atoms with van der Waals surface area (Å²) in [6.45, 7) is 8.66. The van der Waals surface area contributed by atoms with Gasteiger partial charge in [-0.1, -0.05) is 13.8 Å². The lowest BCUT2D eigenvalue weighted by Crippen LogP contribution is -2.32. The predicted octanol–water partition coefficient (Wildman–Crippen LogP) is 1.46. The summed E-state index contributed by atoms with van der Waals surface area (Å²) < 4.78 is 2.17. The van der Waals surface area contributed by atoms with Crippen LogP contribution < -0.4 is 15.8 Å². The summed E-state index contributed by atoms with van der Waals surface area (Å²) in [5.41, 5.74) is 0.872. The summed E-state index contributed by atoms with van der Waals surface area (Å²) in [7, 11) is 0. The second kappa shape index (κ2) is 6.52. The van der Waals surface area contributed by atoms with E-state index in [-0.39, 0.29) is 5.56 Å². The fourth-order valence-electron chi connectivity index (χ4n) is 2.24. The van der Waals surface area contributed by atoms with Crippen molar-refractivity contribution in [2.24, 2.45) is 5.92 Å². The number of halogens is 1. The van der Waals surface area contributed by atoms with Gasteiger partial charge in [0, 0.05) is 26.2 Å². The van der Waals surface area contributed by atoms with Gasteiger partial charge < -0.3 is 10.2 Å². The summed E-state index contributed by atoms with van der Waals surface area (Å²) in [5, 5.41) is 7.65. The van der Waals surface area contributed by atoms with Crippen LogP contribution in [0, 0.1) is 5.92 Å². The Kier molecular flexibility index (Phi) is 4.99. The molecule has 5 nitrogen and oxygen atoms in total. The van der Waals surface area contributed by atoms with E-state index in [4.69, 9.17) is 0 Å². The Hall–Kier alpha value is -0.880. The quantitative estimate of drug-likeness (QED) is 0.912. The largest absolute Gasteiger partial charge is 0.368 e. The third kappa shape index (κ3) is 3.57. The Labute approximate surface area is 122 Å². The number of hydrogen-bond donors (Lipinski definition) is 1. The van der Waals surface area contributed by atoms with Crippen LogP contribution in [0.2, 0.25) is 0 Å². The molecule has 1 aromatic rings. The van der Waals surface area contributed by atoms with E-state index in [1.54, 1.807) is 6.20 Å². The topological polar surface area (TPSA) is 50.2 Å². The van der Waals surface area contributed by atoms with Gasteiger partial charge in [-0.15, -0.1) is 0 Å². The van der Waals surface area contributed by atoms with Crippen LogP contribution in [-0.4, -0.2) is 36.0 Å². The number of rotatable bonds is 3. The summed E-state index contributed by atoms with van der Waals surface area (Å²) in [5.74, 6) is 0.408. The van der Waals surface area contributed by atoms with E-state index >= 15 is 0 Å². The van der Waals surface area contributed by atoms with Gasteiger partial charge in [-0.3, -0.25) is 4.79 Å². The SMILES string of the molecule is CC(C)Cn1ncc(N2CCCNCC2)c(Br)c1=O. The molecule has 0 atom stereocenters. The zero-order valence-corrected chi connectivity index (χ0v) is 13.1. The van der Waals surface area contributed by atoms with E-state index in [0.29, 0.717) is 16.9 Å². The van der Waals surface area contributed by atoms with Crippen molar-refractivity contribution < 1.29 is 0 Å². The lowest BCUT2D eigenvalue weighted by Gasteiger charge is -2.23. The molecular formula is C13H21BrN4O. The monoisotopic (exact) mass is 328 g/mol. The summed E-state index contributed by atoms with van der Waals surface area (Å²) in [6, 6.07) is 0. The zero-order valence-electron chi connectivity index (χ0n) is 11.5. The molecule has 0 saturated carbocycles. The highest BCUT2D eigenvalue weighted by Crippen LogP contribution is 2.22. The highest BCUT2D eigenvalue weighted by molar-refractivity contribution is 9.10. The van der Waals surface area contributed by atoms with Gasteiger partial charge >= 0.3 is 0 Å². The highest BCUT2D eigenvalue weighted by atomic mass is 79.9. The molecule has 0 unspecified atom stereocenters. The Morgan fingerprint density at radius 1 is 1.42 bits per heavy atom. The van der Waals surface area contributed by atoms with Crippen LogP contribution >= 0.6 is 15.9 Å². The van der Waals surface area contributed by atoms with Crippen LogP contribution in [0.3, 0.4) is 0 Å². The summed E-state index contributed by atoms with van der Waals surface area (Å²) in [4.78, 5) is 14.5. The van der Waals surface area contributed by atoms with Crippen molar-refractivity contribution >= 4 is 21.6 Å². The van der Waals surface area contributed by atoms with E-state index < -0.39 is 0 Å². The maximum atomic E-state index is 12.3. The average molecular weight is 329 g/mol. The van der Waals surface area contributed by atoms with Crippen molar-refractivity contribution in [3.05, 3.63) is 21.0 Å². The number of nitrogens with one attached hydrogen (secondary N) is 1.